The normalized spacial score (nSPS) is 10.3. The Morgan fingerprint density at radius 1 is 1.03 bits per heavy atom. The Bertz CT molecular complexity index is 1160. The minimum atomic E-state index is -1.02. The molecule has 1 heterocycles. The van der Waals surface area contributed by atoms with Gasteiger partial charge in [0.15, 0.2) is 0 Å². The number of aromatic nitrogens is 2. The van der Waals surface area contributed by atoms with Crippen LogP contribution in [0.5, 0.6) is 5.75 Å². The molecular formula is C23H22N4O5. The van der Waals surface area contributed by atoms with Crippen LogP contribution in [0.25, 0.3) is 0 Å². The van der Waals surface area contributed by atoms with Crippen molar-refractivity contribution in [3.8, 4) is 5.75 Å². The van der Waals surface area contributed by atoms with E-state index in [0.717, 1.165) is 5.56 Å². The summed E-state index contributed by atoms with van der Waals surface area (Å²) in [5.74, 6) is -0.900. The number of nitrogens with one attached hydrogen (secondary N) is 2. The molecule has 0 aliphatic rings. The van der Waals surface area contributed by atoms with Crippen LogP contribution in [0.2, 0.25) is 0 Å². The summed E-state index contributed by atoms with van der Waals surface area (Å²) in [4.78, 5) is 43.8. The van der Waals surface area contributed by atoms with E-state index in [0.29, 0.717) is 16.9 Å². The van der Waals surface area contributed by atoms with Gasteiger partial charge in [0.25, 0.3) is 5.91 Å². The molecular weight excluding hydrogens is 412 g/mol. The number of carboxylic acid groups (broad SMARTS) is 1. The highest BCUT2D eigenvalue weighted by atomic mass is 16.5. The lowest BCUT2D eigenvalue weighted by atomic mass is 10.0. The molecule has 1 aromatic heterocycles. The summed E-state index contributed by atoms with van der Waals surface area (Å²) in [6.45, 7) is 1.96. The number of hydrogen-bond acceptors (Lipinski definition) is 6. The molecule has 0 aliphatic heterocycles. The predicted octanol–water partition coefficient (Wildman–Crippen LogP) is 2.60. The molecule has 0 fully saturated rings. The van der Waals surface area contributed by atoms with Gasteiger partial charge in [0.1, 0.15) is 23.6 Å². The van der Waals surface area contributed by atoms with E-state index in [2.05, 4.69) is 20.6 Å². The minimum Gasteiger partial charge on any atom is -0.497 e. The lowest BCUT2D eigenvalue weighted by molar-refractivity contribution is -0.115. The molecule has 0 spiro atoms. The number of hydrogen-bond donors (Lipinski definition) is 3. The van der Waals surface area contributed by atoms with Crippen LogP contribution < -0.4 is 15.4 Å². The fourth-order valence-corrected chi connectivity index (χ4v) is 3.05. The van der Waals surface area contributed by atoms with Gasteiger partial charge in [-0.15, -0.1) is 0 Å². The Balaban J connectivity index is 1.60. The van der Waals surface area contributed by atoms with E-state index in [1.165, 1.54) is 18.5 Å². The van der Waals surface area contributed by atoms with Gasteiger partial charge in [-0.05, 0) is 41.8 Å². The Morgan fingerprint density at radius 2 is 1.84 bits per heavy atom. The van der Waals surface area contributed by atoms with Crippen molar-refractivity contribution in [1.82, 2.24) is 15.3 Å². The summed E-state index contributed by atoms with van der Waals surface area (Å²) in [5.41, 5.74) is 2.40. The number of carbonyl (C=O) groups excluding carboxylic acids is 2. The predicted molar refractivity (Wildman–Crippen MR) is 117 cm³/mol. The Labute approximate surface area is 184 Å². The molecule has 9 nitrogen and oxygen atoms in total. The molecule has 9 heteroatoms. The lowest BCUT2D eigenvalue weighted by Gasteiger charge is -2.09. The number of ether oxygens (including phenoxy) is 1. The smallest absolute Gasteiger partial charge is 0.335 e. The molecule has 32 heavy (non-hydrogen) atoms. The van der Waals surface area contributed by atoms with Gasteiger partial charge in [-0.25, -0.2) is 14.8 Å². The molecule has 0 aliphatic carbocycles. The van der Waals surface area contributed by atoms with Crippen molar-refractivity contribution in [1.29, 1.82) is 0 Å². The molecule has 3 rings (SSSR count). The number of nitrogens with zero attached hydrogens (tertiary/aromatic N) is 2. The van der Waals surface area contributed by atoms with Gasteiger partial charge in [-0.2, -0.15) is 0 Å². The van der Waals surface area contributed by atoms with E-state index in [-0.39, 0.29) is 35.9 Å². The second-order valence-corrected chi connectivity index (χ2v) is 7.00. The van der Waals surface area contributed by atoms with E-state index in [1.54, 1.807) is 26.2 Å². The molecule has 0 atom stereocenters. The number of carbonyl (C=O) groups is 3. The highest BCUT2D eigenvalue weighted by Gasteiger charge is 2.12. The van der Waals surface area contributed by atoms with E-state index in [9.17, 15) is 14.4 Å². The second-order valence-electron chi connectivity index (χ2n) is 7.00. The van der Waals surface area contributed by atoms with Crippen molar-refractivity contribution in [2.45, 2.75) is 19.9 Å². The van der Waals surface area contributed by atoms with E-state index in [4.69, 9.17) is 9.84 Å². The van der Waals surface area contributed by atoms with Crippen molar-refractivity contribution in [2.24, 2.45) is 0 Å². The quantitative estimate of drug-likeness (QED) is 0.497. The van der Waals surface area contributed by atoms with Crippen LogP contribution in [0.3, 0.4) is 0 Å². The largest absolute Gasteiger partial charge is 0.497 e. The van der Waals surface area contributed by atoms with Crippen molar-refractivity contribution in [3.05, 3.63) is 82.8 Å². The molecule has 3 aromatic rings. The van der Waals surface area contributed by atoms with Crippen LogP contribution in [0.1, 0.15) is 37.5 Å². The zero-order chi connectivity index (χ0) is 23.1. The number of methoxy groups -OCH3 is 1. The summed E-state index contributed by atoms with van der Waals surface area (Å²) in [7, 11) is 1.57. The van der Waals surface area contributed by atoms with E-state index < -0.39 is 11.9 Å². The van der Waals surface area contributed by atoms with Crippen molar-refractivity contribution >= 4 is 23.6 Å². The van der Waals surface area contributed by atoms with Gasteiger partial charge < -0.3 is 20.5 Å². The van der Waals surface area contributed by atoms with Crippen LogP contribution in [0.4, 0.5) is 5.82 Å². The van der Waals surface area contributed by atoms with Crippen LogP contribution in [-0.4, -0.2) is 40.0 Å². The Kier molecular flexibility index (Phi) is 7.12. The number of aryl methyl sites for hydroxylation is 1. The van der Waals surface area contributed by atoms with Crippen LogP contribution in [-0.2, 0) is 17.8 Å². The van der Waals surface area contributed by atoms with Crippen molar-refractivity contribution in [3.63, 3.8) is 0 Å². The molecule has 0 unspecified atom stereocenters. The first-order chi connectivity index (χ1) is 15.4. The molecule has 0 saturated carbocycles. The summed E-state index contributed by atoms with van der Waals surface area (Å²) in [6.07, 6.45) is 1.23. The number of benzene rings is 2. The van der Waals surface area contributed by atoms with Gasteiger partial charge in [0.2, 0.25) is 5.91 Å². The van der Waals surface area contributed by atoms with Crippen molar-refractivity contribution < 1.29 is 24.2 Å². The highest BCUT2D eigenvalue weighted by Crippen LogP contribution is 2.14. The molecule has 0 bridgehead atoms. The maximum absolute atomic E-state index is 12.4. The highest BCUT2D eigenvalue weighted by molar-refractivity contribution is 5.95. The van der Waals surface area contributed by atoms with Gasteiger partial charge in [0, 0.05) is 12.6 Å². The average molecular weight is 434 g/mol. The summed E-state index contributed by atoms with van der Waals surface area (Å²) in [6, 6.07) is 13.4. The molecule has 164 valence electrons. The topological polar surface area (TPSA) is 131 Å². The summed E-state index contributed by atoms with van der Waals surface area (Å²) >= 11 is 0. The first-order valence-corrected chi connectivity index (χ1v) is 9.71. The standard InChI is InChI=1S/C23H22N4O5/c1-14-8-15(6-7-18(14)23(30)31)10-21(28)27-20-11-19(25-13-26-20)22(29)24-12-16-4-3-5-17(9-16)32-2/h3-9,11,13H,10,12H2,1-2H3,(H,24,29)(H,30,31)(H,25,26,27,28). The lowest BCUT2D eigenvalue weighted by Crippen LogP contribution is -2.24. The number of rotatable bonds is 8. The van der Waals surface area contributed by atoms with E-state index in [1.807, 2.05) is 24.3 Å². The first-order valence-electron chi connectivity index (χ1n) is 9.71. The monoisotopic (exact) mass is 434 g/mol. The molecule has 0 saturated heterocycles. The van der Waals surface area contributed by atoms with Crippen LogP contribution in [0.15, 0.2) is 54.9 Å². The molecule has 2 aromatic carbocycles. The molecule has 3 N–H and O–H groups in total. The third-order valence-corrected chi connectivity index (χ3v) is 4.64. The second kappa shape index (κ2) is 10.2. The number of aromatic carboxylic acids is 1. The summed E-state index contributed by atoms with van der Waals surface area (Å²) < 4.78 is 5.16. The zero-order valence-corrected chi connectivity index (χ0v) is 17.6. The fraction of sp³-hybridized carbons (Fsp3) is 0.174. The summed E-state index contributed by atoms with van der Waals surface area (Å²) in [5, 5.41) is 14.5. The Morgan fingerprint density at radius 3 is 2.56 bits per heavy atom. The third kappa shape index (κ3) is 5.88. The minimum absolute atomic E-state index is 0.0299. The van der Waals surface area contributed by atoms with Gasteiger partial charge in [0.05, 0.1) is 19.1 Å². The van der Waals surface area contributed by atoms with Gasteiger partial charge in [-0.3, -0.25) is 9.59 Å². The van der Waals surface area contributed by atoms with Crippen LogP contribution in [0, 0.1) is 6.92 Å². The third-order valence-electron chi connectivity index (χ3n) is 4.64. The number of amides is 2. The Hall–Kier alpha value is -4.27. The van der Waals surface area contributed by atoms with Crippen LogP contribution >= 0.6 is 0 Å². The first kappa shape index (κ1) is 22.4. The zero-order valence-electron chi connectivity index (χ0n) is 17.6. The fourth-order valence-electron chi connectivity index (χ4n) is 3.05. The maximum atomic E-state index is 12.4. The number of carboxylic acids is 1. The van der Waals surface area contributed by atoms with Gasteiger partial charge in [-0.1, -0.05) is 24.3 Å². The molecule has 2 amide bonds. The van der Waals surface area contributed by atoms with Gasteiger partial charge >= 0.3 is 5.97 Å². The van der Waals surface area contributed by atoms with Crippen molar-refractivity contribution in [2.75, 3.05) is 12.4 Å². The SMILES string of the molecule is COc1cccc(CNC(=O)c2cc(NC(=O)Cc3ccc(C(=O)O)c(C)c3)ncn2)c1. The van der Waals surface area contributed by atoms with E-state index >= 15 is 0 Å². The average Bonchev–Trinajstić information content (AvgIpc) is 2.77. The molecule has 0 radical (unpaired) electrons. The maximum Gasteiger partial charge on any atom is 0.335 e. The number of anilines is 1.